The fourth-order valence-corrected chi connectivity index (χ4v) is 2.20. The largest absolute Gasteiger partial charge is 0.379 e. The molecule has 0 amide bonds. The van der Waals surface area contributed by atoms with Crippen molar-refractivity contribution >= 4 is 27.7 Å². The molecule has 1 aromatic heterocycles. The summed E-state index contributed by atoms with van der Waals surface area (Å²) in [6.45, 7) is 1.81. The zero-order chi connectivity index (χ0) is 9.10. The first-order valence-electron chi connectivity index (χ1n) is 4.14. The van der Waals surface area contributed by atoms with Crippen LogP contribution >= 0.6 is 27.7 Å². The van der Waals surface area contributed by atoms with E-state index in [1.54, 1.807) is 0 Å². The molecule has 0 spiro atoms. The van der Waals surface area contributed by atoms with Crippen LogP contribution in [0.2, 0.25) is 0 Å². The molecule has 1 aliphatic heterocycles. The van der Waals surface area contributed by atoms with E-state index in [1.807, 2.05) is 24.0 Å². The highest BCUT2D eigenvalue weighted by Crippen LogP contribution is 2.22. The summed E-state index contributed by atoms with van der Waals surface area (Å²) in [5.74, 6) is 0.987. The number of ether oxygens (including phenoxy) is 1. The second kappa shape index (κ2) is 4.44. The molecule has 2 nitrogen and oxygen atoms in total. The third-order valence-electron chi connectivity index (χ3n) is 1.86. The summed E-state index contributed by atoms with van der Waals surface area (Å²) >= 11 is 5.28. The molecule has 2 rings (SSSR count). The topological polar surface area (TPSA) is 22.1 Å². The van der Waals surface area contributed by atoms with Gasteiger partial charge in [0.1, 0.15) is 0 Å². The molecule has 0 bridgehead atoms. The van der Waals surface area contributed by atoms with E-state index in [0.29, 0.717) is 5.25 Å². The highest BCUT2D eigenvalue weighted by molar-refractivity contribution is 9.10. The van der Waals surface area contributed by atoms with Gasteiger partial charge in [0.15, 0.2) is 0 Å². The molecule has 1 aliphatic rings. The molecule has 70 valence electrons. The number of rotatable bonds is 3. The number of halogens is 1. The van der Waals surface area contributed by atoms with Gasteiger partial charge in [0, 0.05) is 16.4 Å². The summed E-state index contributed by atoms with van der Waals surface area (Å²) in [7, 11) is 0. The second-order valence-electron chi connectivity index (χ2n) is 2.94. The van der Waals surface area contributed by atoms with E-state index in [-0.39, 0.29) is 0 Å². The van der Waals surface area contributed by atoms with Crippen molar-refractivity contribution < 1.29 is 4.74 Å². The quantitative estimate of drug-likeness (QED) is 0.833. The first kappa shape index (κ1) is 9.49. The third-order valence-corrected chi connectivity index (χ3v) is 3.54. The Kier molecular flexibility index (Phi) is 3.24. The standard InChI is InChI=1S/C9H10BrNOS/c10-7-1-2-8(11-3-7)6-13-9-4-12-5-9/h1-3,9H,4-6H2. The van der Waals surface area contributed by atoms with Crippen molar-refractivity contribution in [3.8, 4) is 0 Å². The molecule has 13 heavy (non-hydrogen) atoms. The summed E-state index contributed by atoms with van der Waals surface area (Å²) in [6.07, 6.45) is 1.84. The number of nitrogens with zero attached hydrogens (tertiary/aromatic N) is 1. The zero-order valence-corrected chi connectivity index (χ0v) is 9.47. The summed E-state index contributed by atoms with van der Waals surface area (Å²) in [4.78, 5) is 4.30. The molecule has 0 radical (unpaired) electrons. The van der Waals surface area contributed by atoms with Gasteiger partial charge in [-0.3, -0.25) is 4.98 Å². The SMILES string of the molecule is Brc1ccc(CSC2COC2)nc1. The fraction of sp³-hybridized carbons (Fsp3) is 0.444. The summed E-state index contributed by atoms with van der Waals surface area (Å²) in [5, 5.41) is 0.686. The number of pyridine rings is 1. The Balaban J connectivity index is 1.83. The summed E-state index contributed by atoms with van der Waals surface area (Å²) in [6, 6.07) is 4.08. The predicted molar refractivity (Wildman–Crippen MR) is 57.8 cm³/mol. The smallest absolute Gasteiger partial charge is 0.0608 e. The highest BCUT2D eigenvalue weighted by atomic mass is 79.9. The Morgan fingerprint density at radius 1 is 1.54 bits per heavy atom. The second-order valence-corrected chi connectivity index (χ2v) is 5.14. The minimum absolute atomic E-state index is 0.686. The maximum absolute atomic E-state index is 5.09. The van der Waals surface area contributed by atoms with Crippen molar-refractivity contribution in [2.45, 2.75) is 11.0 Å². The molecular weight excluding hydrogens is 250 g/mol. The molecule has 2 heterocycles. The van der Waals surface area contributed by atoms with E-state index in [9.17, 15) is 0 Å². The molecule has 0 atom stereocenters. The van der Waals surface area contributed by atoms with Gasteiger partial charge < -0.3 is 4.74 Å². The van der Waals surface area contributed by atoms with E-state index in [4.69, 9.17) is 4.74 Å². The van der Waals surface area contributed by atoms with Crippen molar-refractivity contribution in [1.29, 1.82) is 0 Å². The molecule has 4 heteroatoms. The van der Waals surface area contributed by atoms with Crippen LogP contribution in [0.25, 0.3) is 0 Å². The minimum atomic E-state index is 0.686. The van der Waals surface area contributed by atoms with Gasteiger partial charge in [0.05, 0.1) is 24.2 Å². The van der Waals surface area contributed by atoms with Gasteiger partial charge in [-0.1, -0.05) is 0 Å². The number of hydrogen-bond acceptors (Lipinski definition) is 3. The maximum Gasteiger partial charge on any atom is 0.0608 e. The van der Waals surface area contributed by atoms with Gasteiger partial charge in [-0.05, 0) is 28.1 Å². The average molecular weight is 260 g/mol. The van der Waals surface area contributed by atoms with Gasteiger partial charge in [0.25, 0.3) is 0 Å². The third kappa shape index (κ3) is 2.69. The van der Waals surface area contributed by atoms with E-state index in [2.05, 4.69) is 27.0 Å². The van der Waals surface area contributed by atoms with Crippen LogP contribution in [0.5, 0.6) is 0 Å². The van der Waals surface area contributed by atoms with E-state index in [0.717, 1.165) is 29.1 Å². The molecular formula is C9H10BrNOS. The first-order valence-corrected chi connectivity index (χ1v) is 5.98. The minimum Gasteiger partial charge on any atom is -0.379 e. The Hall–Kier alpha value is -0.0600. The normalized spacial score (nSPS) is 17.0. The molecule has 0 saturated carbocycles. The highest BCUT2D eigenvalue weighted by Gasteiger charge is 2.18. The Morgan fingerprint density at radius 2 is 2.38 bits per heavy atom. The fourth-order valence-electron chi connectivity index (χ4n) is 1.01. The first-order chi connectivity index (χ1) is 6.34. The van der Waals surface area contributed by atoms with Gasteiger partial charge in [0.2, 0.25) is 0 Å². The van der Waals surface area contributed by atoms with Crippen molar-refractivity contribution in [2.24, 2.45) is 0 Å². The van der Waals surface area contributed by atoms with Crippen LogP contribution in [0.4, 0.5) is 0 Å². The average Bonchev–Trinajstić information content (AvgIpc) is 2.05. The molecule has 0 N–H and O–H groups in total. The Morgan fingerprint density at radius 3 is 2.92 bits per heavy atom. The van der Waals surface area contributed by atoms with Crippen molar-refractivity contribution in [1.82, 2.24) is 4.98 Å². The number of aromatic nitrogens is 1. The van der Waals surface area contributed by atoms with Crippen molar-refractivity contribution in [3.05, 3.63) is 28.5 Å². The van der Waals surface area contributed by atoms with Gasteiger partial charge in [-0.25, -0.2) is 0 Å². The van der Waals surface area contributed by atoms with Gasteiger partial charge in [-0.15, -0.1) is 11.8 Å². The van der Waals surface area contributed by atoms with Crippen LogP contribution in [0.1, 0.15) is 5.69 Å². The Bertz CT molecular complexity index is 273. The molecule has 0 unspecified atom stereocenters. The van der Waals surface area contributed by atoms with E-state index >= 15 is 0 Å². The number of thioether (sulfide) groups is 1. The summed E-state index contributed by atoms with van der Waals surface area (Å²) < 4.78 is 6.13. The lowest BCUT2D eigenvalue weighted by molar-refractivity contribution is 0.0455. The van der Waals surface area contributed by atoms with Crippen LogP contribution in [0.3, 0.4) is 0 Å². The lowest BCUT2D eigenvalue weighted by Crippen LogP contribution is -2.30. The maximum atomic E-state index is 5.09. The molecule has 1 saturated heterocycles. The monoisotopic (exact) mass is 259 g/mol. The summed E-state index contributed by atoms with van der Waals surface area (Å²) in [5.41, 5.74) is 1.14. The Labute approximate surface area is 90.2 Å². The van der Waals surface area contributed by atoms with E-state index in [1.165, 1.54) is 0 Å². The van der Waals surface area contributed by atoms with Crippen LogP contribution in [0.15, 0.2) is 22.8 Å². The van der Waals surface area contributed by atoms with Crippen LogP contribution in [-0.4, -0.2) is 23.4 Å². The number of hydrogen-bond donors (Lipinski definition) is 0. The molecule has 0 aliphatic carbocycles. The molecule has 0 aromatic carbocycles. The van der Waals surface area contributed by atoms with Crippen molar-refractivity contribution in [3.63, 3.8) is 0 Å². The zero-order valence-electron chi connectivity index (χ0n) is 7.07. The van der Waals surface area contributed by atoms with E-state index < -0.39 is 0 Å². The van der Waals surface area contributed by atoms with Gasteiger partial charge in [-0.2, -0.15) is 0 Å². The predicted octanol–water partition coefficient (Wildman–Crippen LogP) is 2.48. The lowest BCUT2D eigenvalue weighted by atomic mass is 10.4. The van der Waals surface area contributed by atoms with Crippen LogP contribution in [0, 0.1) is 0 Å². The van der Waals surface area contributed by atoms with Crippen LogP contribution in [-0.2, 0) is 10.5 Å². The molecule has 1 fully saturated rings. The van der Waals surface area contributed by atoms with Crippen LogP contribution < -0.4 is 0 Å². The van der Waals surface area contributed by atoms with Crippen molar-refractivity contribution in [2.75, 3.05) is 13.2 Å². The van der Waals surface area contributed by atoms with Gasteiger partial charge >= 0.3 is 0 Å². The lowest BCUT2D eigenvalue weighted by Gasteiger charge is -2.24. The molecule has 1 aromatic rings.